The second kappa shape index (κ2) is 3.89. The summed E-state index contributed by atoms with van der Waals surface area (Å²) < 4.78 is 10.5. The van der Waals surface area contributed by atoms with Gasteiger partial charge in [-0.25, -0.2) is 0 Å². The molecular formula is C11H10N2O3S. The summed E-state index contributed by atoms with van der Waals surface area (Å²) in [4.78, 5) is 11.5. The fourth-order valence-corrected chi connectivity index (χ4v) is 1.98. The van der Waals surface area contributed by atoms with E-state index in [2.05, 4.69) is 23.3 Å². The van der Waals surface area contributed by atoms with Gasteiger partial charge < -0.3 is 20.1 Å². The van der Waals surface area contributed by atoms with Gasteiger partial charge in [0.05, 0.1) is 0 Å². The molecule has 1 atom stereocenters. The molecule has 2 N–H and O–H groups in total. The molecule has 5 nitrogen and oxygen atoms in total. The second-order valence-corrected chi connectivity index (χ2v) is 4.21. The highest BCUT2D eigenvalue weighted by Crippen LogP contribution is 2.33. The number of benzene rings is 1. The molecule has 1 saturated heterocycles. The molecule has 3 rings (SSSR count). The van der Waals surface area contributed by atoms with Crippen LogP contribution in [0.5, 0.6) is 11.5 Å². The van der Waals surface area contributed by atoms with Gasteiger partial charge in [0.15, 0.2) is 11.5 Å². The number of carbonyl (C=O) groups is 1. The lowest BCUT2D eigenvalue weighted by Gasteiger charge is -2.01. The number of thiol groups is 1. The second-order valence-electron chi connectivity index (χ2n) is 3.69. The van der Waals surface area contributed by atoms with Crippen LogP contribution >= 0.6 is 12.6 Å². The number of hydrogen-bond donors (Lipinski definition) is 3. The third kappa shape index (κ3) is 1.91. The van der Waals surface area contributed by atoms with E-state index in [1.54, 1.807) is 6.08 Å². The van der Waals surface area contributed by atoms with Crippen molar-refractivity contribution in [2.45, 2.75) is 5.50 Å². The highest BCUT2D eigenvalue weighted by atomic mass is 32.1. The van der Waals surface area contributed by atoms with Crippen LogP contribution in [0.15, 0.2) is 23.9 Å². The van der Waals surface area contributed by atoms with E-state index in [4.69, 9.17) is 9.47 Å². The first-order valence-electron chi connectivity index (χ1n) is 5.09. The Bertz CT molecular complexity index is 515. The molecular weight excluding hydrogens is 240 g/mol. The number of hydrogen-bond acceptors (Lipinski definition) is 5. The van der Waals surface area contributed by atoms with E-state index in [0.29, 0.717) is 11.4 Å². The van der Waals surface area contributed by atoms with Crippen molar-refractivity contribution < 1.29 is 14.3 Å². The van der Waals surface area contributed by atoms with Gasteiger partial charge in [0.2, 0.25) is 6.79 Å². The molecule has 1 aromatic rings. The zero-order chi connectivity index (χ0) is 11.8. The number of carbonyl (C=O) groups excluding carboxylic acids is 1. The minimum Gasteiger partial charge on any atom is -0.454 e. The lowest BCUT2D eigenvalue weighted by molar-refractivity contribution is -0.116. The quantitative estimate of drug-likeness (QED) is 0.507. The van der Waals surface area contributed by atoms with E-state index in [-0.39, 0.29) is 18.2 Å². The third-order valence-electron chi connectivity index (χ3n) is 2.51. The van der Waals surface area contributed by atoms with Crippen LogP contribution in [-0.2, 0) is 4.79 Å². The van der Waals surface area contributed by atoms with Crippen LogP contribution in [0.2, 0.25) is 0 Å². The molecule has 6 heteroatoms. The van der Waals surface area contributed by atoms with Crippen molar-refractivity contribution in [2.75, 3.05) is 6.79 Å². The molecule has 1 aromatic carbocycles. The van der Waals surface area contributed by atoms with Crippen molar-refractivity contribution in [2.24, 2.45) is 0 Å². The van der Waals surface area contributed by atoms with Crippen LogP contribution in [0.3, 0.4) is 0 Å². The summed E-state index contributed by atoms with van der Waals surface area (Å²) >= 11 is 4.11. The average molecular weight is 250 g/mol. The molecule has 2 heterocycles. The van der Waals surface area contributed by atoms with Crippen molar-refractivity contribution in [1.82, 2.24) is 10.6 Å². The van der Waals surface area contributed by atoms with Gasteiger partial charge in [0.25, 0.3) is 5.91 Å². The summed E-state index contributed by atoms with van der Waals surface area (Å²) in [6.07, 6.45) is 1.74. The smallest absolute Gasteiger partial charge is 0.269 e. The molecule has 0 radical (unpaired) electrons. The summed E-state index contributed by atoms with van der Waals surface area (Å²) in [5.74, 6) is 1.26. The van der Waals surface area contributed by atoms with Crippen molar-refractivity contribution in [3.05, 3.63) is 29.5 Å². The Morgan fingerprint density at radius 3 is 2.88 bits per heavy atom. The first kappa shape index (κ1) is 10.3. The molecule has 1 amide bonds. The van der Waals surface area contributed by atoms with E-state index < -0.39 is 0 Å². The fraction of sp³-hybridized carbons (Fsp3) is 0.182. The summed E-state index contributed by atoms with van der Waals surface area (Å²) in [6.45, 7) is 0.243. The summed E-state index contributed by atoms with van der Waals surface area (Å²) in [7, 11) is 0. The summed E-state index contributed by atoms with van der Waals surface area (Å²) in [5, 5.41) is 5.54. The van der Waals surface area contributed by atoms with Crippen LogP contribution in [0.4, 0.5) is 0 Å². The average Bonchev–Trinajstić information content (AvgIpc) is 2.85. The van der Waals surface area contributed by atoms with E-state index in [0.717, 1.165) is 11.3 Å². The van der Waals surface area contributed by atoms with Gasteiger partial charge in [-0.05, 0) is 23.8 Å². The first-order valence-corrected chi connectivity index (χ1v) is 5.61. The zero-order valence-corrected chi connectivity index (χ0v) is 9.66. The summed E-state index contributed by atoms with van der Waals surface area (Å²) in [6, 6.07) is 5.51. The Labute approximate surface area is 103 Å². The highest BCUT2D eigenvalue weighted by Gasteiger charge is 2.22. The van der Waals surface area contributed by atoms with Crippen molar-refractivity contribution >= 4 is 24.6 Å². The largest absolute Gasteiger partial charge is 0.454 e. The van der Waals surface area contributed by atoms with Gasteiger partial charge in [-0.1, -0.05) is 6.07 Å². The Morgan fingerprint density at radius 2 is 2.12 bits per heavy atom. The Hall–Kier alpha value is -1.82. The van der Waals surface area contributed by atoms with Gasteiger partial charge in [-0.15, -0.1) is 12.6 Å². The van der Waals surface area contributed by atoms with E-state index in [1.807, 2.05) is 18.2 Å². The lowest BCUT2D eigenvalue weighted by Crippen LogP contribution is -2.25. The molecule has 0 bridgehead atoms. The maximum Gasteiger partial charge on any atom is 0.269 e. The Balaban J connectivity index is 1.90. The first-order chi connectivity index (χ1) is 8.22. The SMILES string of the molecule is O=C1NC(S)N/C1=C\c1ccc2c(c1)OCO2. The number of rotatable bonds is 1. The fourth-order valence-electron chi connectivity index (χ4n) is 1.73. The van der Waals surface area contributed by atoms with E-state index >= 15 is 0 Å². The molecule has 1 unspecified atom stereocenters. The van der Waals surface area contributed by atoms with Crippen molar-refractivity contribution in [3.8, 4) is 11.5 Å². The maximum absolute atomic E-state index is 11.5. The van der Waals surface area contributed by atoms with Gasteiger partial charge in [0.1, 0.15) is 11.2 Å². The molecule has 0 aliphatic carbocycles. The van der Waals surface area contributed by atoms with Gasteiger partial charge >= 0.3 is 0 Å². The Kier molecular flexibility index (Phi) is 2.36. The molecule has 0 spiro atoms. The van der Waals surface area contributed by atoms with Crippen LogP contribution in [0.25, 0.3) is 6.08 Å². The number of nitrogens with one attached hydrogen (secondary N) is 2. The lowest BCUT2D eigenvalue weighted by atomic mass is 10.1. The molecule has 2 aliphatic heterocycles. The van der Waals surface area contributed by atoms with E-state index in [9.17, 15) is 4.79 Å². The van der Waals surface area contributed by atoms with Gasteiger partial charge in [0, 0.05) is 0 Å². The highest BCUT2D eigenvalue weighted by molar-refractivity contribution is 7.80. The standard InChI is InChI=1S/C11H10N2O3S/c14-10-7(12-11(17)13-10)3-6-1-2-8-9(4-6)16-5-15-8/h1-4,11-12,17H,5H2,(H,13,14)/b7-3-. The van der Waals surface area contributed by atoms with Gasteiger partial charge in [-0.3, -0.25) is 4.79 Å². The van der Waals surface area contributed by atoms with Gasteiger partial charge in [-0.2, -0.15) is 0 Å². The van der Waals surface area contributed by atoms with Crippen molar-refractivity contribution in [1.29, 1.82) is 0 Å². The van der Waals surface area contributed by atoms with Crippen LogP contribution in [0.1, 0.15) is 5.56 Å². The molecule has 2 aliphatic rings. The third-order valence-corrected chi connectivity index (χ3v) is 2.77. The molecule has 0 aromatic heterocycles. The summed E-state index contributed by atoms with van der Waals surface area (Å²) in [5.41, 5.74) is 1.03. The van der Waals surface area contributed by atoms with Crippen LogP contribution in [-0.4, -0.2) is 18.2 Å². The molecule has 17 heavy (non-hydrogen) atoms. The number of ether oxygens (including phenoxy) is 2. The minimum absolute atomic E-state index is 0.164. The topological polar surface area (TPSA) is 59.6 Å². The molecule has 1 fully saturated rings. The van der Waals surface area contributed by atoms with Crippen molar-refractivity contribution in [3.63, 3.8) is 0 Å². The van der Waals surface area contributed by atoms with E-state index in [1.165, 1.54) is 0 Å². The monoisotopic (exact) mass is 250 g/mol. The normalized spacial score (nSPS) is 23.7. The minimum atomic E-state index is -0.331. The maximum atomic E-state index is 11.5. The Morgan fingerprint density at radius 1 is 1.29 bits per heavy atom. The number of fused-ring (bicyclic) bond motifs is 1. The van der Waals surface area contributed by atoms with Crippen LogP contribution < -0.4 is 20.1 Å². The predicted molar refractivity (Wildman–Crippen MR) is 64.6 cm³/mol. The molecule has 88 valence electrons. The predicted octanol–water partition coefficient (Wildman–Crippen LogP) is 0.689. The molecule has 0 saturated carbocycles. The zero-order valence-electron chi connectivity index (χ0n) is 8.77. The number of amides is 1. The van der Waals surface area contributed by atoms with Crippen LogP contribution in [0, 0.1) is 0 Å².